The van der Waals surface area contributed by atoms with Gasteiger partial charge in [0.1, 0.15) is 0 Å². The molecule has 0 unspecified atom stereocenters. The molecule has 0 saturated heterocycles. The van der Waals surface area contributed by atoms with Gasteiger partial charge >= 0.3 is 0 Å². The number of aromatic nitrogens is 1. The largest absolute Gasteiger partial charge is 0.399 e. The molecule has 0 atom stereocenters. The number of hydrogen-bond acceptors (Lipinski definition) is 2. The Labute approximate surface area is 117 Å². The maximum absolute atomic E-state index is 12.6. The second kappa shape index (κ2) is 4.93. The molecular weight excluding hydrogens is 250 g/mol. The molecule has 1 heterocycles. The highest BCUT2D eigenvalue weighted by atomic mass is 16.2. The number of fused-ring (bicyclic) bond motifs is 1. The van der Waals surface area contributed by atoms with Crippen LogP contribution in [-0.2, 0) is 0 Å². The van der Waals surface area contributed by atoms with Gasteiger partial charge in [0.25, 0.3) is 5.91 Å². The second-order valence-corrected chi connectivity index (χ2v) is 5.34. The van der Waals surface area contributed by atoms with Crippen LogP contribution in [0, 0.1) is 18.3 Å². The van der Waals surface area contributed by atoms with E-state index in [1.54, 1.807) is 17.2 Å². The zero-order chi connectivity index (χ0) is 14.1. The lowest BCUT2D eigenvalue weighted by molar-refractivity contribution is 0.0772. The van der Waals surface area contributed by atoms with E-state index >= 15 is 0 Å². The summed E-state index contributed by atoms with van der Waals surface area (Å²) in [5.74, 6) is 3.19. The molecule has 20 heavy (non-hydrogen) atoms. The molecular formula is C16H17N3O. The Morgan fingerprint density at radius 2 is 2.30 bits per heavy atom. The summed E-state index contributed by atoms with van der Waals surface area (Å²) in [4.78, 5) is 17.5. The summed E-state index contributed by atoms with van der Waals surface area (Å²) in [7, 11) is 0. The number of carbonyl (C=O) groups is 1. The molecule has 0 spiro atoms. The van der Waals surface area contributed by atoms with Crippen LogP contribution in [0.1, 0.15) is 23.2 Å². The normalized spacial score (nSPS) is 14.2. The van der Waals surface area contributed by atoms with Crippen molar-refractivity contribution in [3.05, 3.63) is 30.0 Å². The molecule has 2 aromatic rings. The molecule has 102 valence electrons. The van der Waals surface area contributed by atoms with Crippen molar-refractivity contribution in [3.8, 4) is 12.3 Å². The number of terminal acetylenes is 1. The van der Waals surface area contributed by atoms with Crippen LogP contribution in [-0.4, -0.2) is 28.9 Å². The lowest BCUT2D eigenvalue weighted by atomic mass is 10.1. The number of nitrogens with one attached hydrogen (secondary N) is 1. The summed E-state index contributed by atoms with van der Waals surface area (Å²) >= 11 is 0. The van der Waals surface area contributed by atoms with E-state index < -0.39 is 0 Å². The van der Waals surface area contributed by atoms with Crippen LogP contribution in [0.2, 0.25) is 0 Å². The van der Waals surface area contributed by atoms with Gasteiger partial charge in [-0.2, -0.15) is 0 Å². The Kier molecular flexibility index (Phi) is 3.11. The van der Waals surface area contributed by atoms with Gasteiger partial charge in [-0.05, 0) is 37.0 Å². The number of amides is 1. The Hall–Kier alpha value is -2.41. The molecule has 0 bridgehead atoms. The third-order valence-electron chi connectivity index (χ3n) is 3.68. The lowest BCUT2D eigenvalue weighted by Gasteiger charge is -2.19. The Morgan fingerprint density at radius 3 is 3.00 bits per heavy atom. The fourth-order valence-electron chi connectivity index (χ4n) is 2.43. The highest BCUT2D eigenvalue weighted by molar-refractivity contribution is 6.07. The van der Waals surface area contributed by atoms with Gasteiger partial charge in [-0.25, -0.2) is 0 Å². The smallest absolute Gasteiger partial charge is 0.256 e. The molecule has 4 nitrogen and oxygen atoms in total. The Balaban J connectivity index is 1.91. The van der Waals surface area contributed by atoms with Crippen molar-refractivity contribution < 1.29 is 4.79 Å². The summed E-state index contributed by atoms with van der Waals surface area (Å²) in [6, 6.07) is 5.51. The minimum Gasteiger partial charge on any atom is -0.399 e. The summed E-state index contributed by atoms with van der Waals surface area (Å²) in [6.45, 7) is 1.11. The topological polar surface area (TPSA) is 62.1 Å². The Morgan fingerprint density at radius 1 is 1.50 bits per heavy atom. The minimum atomic E-state index is -0.00845. The molecule has 4 heteroatoms. The molecule has 0 radical (unpaired) electrons. The third kappa shape index (κ3) is 2.35. The molecule has 1 aliphatic carbocycles. The van der Waals surface area contributed by atoms with Crippen LogP contribution in [0.25, 0.3) is 10.9 Å². The van der Waals surface area contributed by atoms with Gasteiger partial charge in [-0.3, -0.25) is 4.79 Å². The third-order valence-corrected chi connectivity index (χ3v) is 3.68. The van der Waals surface area contributed by atoms with E-state index in [9.17, 15) is 4.79 Å². The second-order valence-electron chi connectivity index (χ2n) is 5.34. The highest BCUT2D eigenvalue weighted by Crippen LogP contribution is 2.30. The first-order chi connectivity index (χ1) is 9.69. The summed E-state index contributed by atoms with van der Waals surface area (Å²) in [5.41, 5.74) is 7.96. The van der Waals surface area contributed by atoms with Crippen LogP contribution in [0.4, 0.5) is 5.69 Å². The van der Waals surface area contributed by atoms with Gasteiger partial charge in [-0.15, -0.1) is 6.42 Å². The van der Waals surface area contributed by atoms with Gasteiger partial charge in [0, 0.05) is 29.3 Å². The molecule has 3 rings (SSSR count). The number of nitrogens with two attached hydrogens (primary N) is 1. The van der Waals surface area contributed by atoms with Gasteiger partial charge in [0.2, 0.25) is 0 Å². The highest BCUT2D eigenvalue weighted by Gasteiger charge is 2.27. The Bertz CT molecular complexity index is 691. The van der Waals surface area contributed by atoms with Crippen molar-refractivity contribution in [2.75, 3.05) is 18.8 Å². The van der Waals surface area contributed by atoms with E-state index in [0.717, 1.165) is 17.4 Å². The first-order valence-corrected chi connectivity index (χ1v) is 6.78. The molecule has 3 N–H and O–H groups in total. The number of benzene rings is 1. The first kappa shape index (κ1) is 12.6. The summed E-state index contributed by atoms with van der Waals surface area (Å²) < 4.78 is 0. The number of H-pyrrole nitrogens is 1. The predicted molar refractivity (Wildman–Crippen MR) is 80.2 cm³/mol. The van der Waals surface area contributed by atoms with E-state index in [1.807, 2.05) is 12.1 Å². The first-order valence-electron chi connectivity index (χ1n) is 6.78. The van der Waals surface area contributed by atoms with Crippen molar-refractivity contribution in [1.29, 1.82) is 0 Å². The van der Waals surface area contributed by atoms with Crippen molar-refractivity contribution in [3.63, 3.8) is 0 Å². The zero-order valence-electron chi connectivity index (χ0n) is 11.2. The fraction of sp³-hybridized carbons (Fsp3) is 0.312. The average molecular weight is 267 g/mol. The van der Waals surface area contributed by atoms with E-state index in [4.69, 9.17) is 12.2 Å². The zero-order valence-corrected chi connectivity index (χ0v) is 11.2. The summed E-state index contributed by atoms with van der Waals surface area (Å²) in [5, 5.41) is 0.891. The quantitative estimate of drug-likeness (QED) is 0.659. The van der Waals surface area contributed by atoms with E-state index in [-0.39, 0.29) is 5.91 Å². The maximum Gasteiger partial charge on any atom is 0.256 e. The molecule has 1 amide bonds. The van der Waals surface area contributed by atoms with Crippen LogP contribution >= 0.6 is 0 Å². The number of carbonyl (C=O) groups excluding carboxylic acids is 1. The van der Waals surface area contributed by atoms with Crippen LogP contribution in [0.15, 0.2) is 24.4 Å². The maximum atomic E-state index is 12.6. The van der Waals surface area contributed by atoms with Crippen molar-refractivity contribution in [2.45, 2.75) is 12.8 Å². The van der Waals surface area contributed by atoms with Crippen molar-refractivity contribution >= 4 is 22.5 Å². The van der Waals surface area contributed by atoms with Gasteiger partial charge in [0.05, 0.1) is 12.1 Å². The van der Waals surface area contributed by atoms with Gasteiger partial charge in [0.15, 0.2) is 0 Å². The molecule has 1 aliphatic rings. The average Bonchev–Trinajstić information content (AvgIpc) is 3.15. The standard InChI is InChI=1S/C16H17N3O/c1-2-7-19(10-11-3-4-11)16(20)14-9-18-15-8-12(17)5-6-13(14)15/h1,5-6,8-9,11,18H,3-4,7,10,17H2. The van der Waals surface area contributed by atoms with E-state index in [2.05, 4.69) is 10.9 Å². The molecule has 1 aromatic carbocycles. The number of hydrogen-bond donors (Lipinski definition) is 2. The van der Waals surface area contributed by atoms with Gasteiger partial charge in [-0.1, -0.05) is 5.92 Å². The molecule has 1 saturated carbocycles. The molecule has 0 aliphatic heterocycles. The minimum absolute atomic E-state index is 0.00845. The van der Waals surface area contributed by atoms with E-state index in [0.29, 0.717) is 23.7 Å². The van der Waals surface area contributed by atoms with Crippen LogP contribution in [0.5, 0.6) is 0 Å². The SMILES string of the molecule is C#CCN(CC1CC1)C(=O)c1c[nH]c2cc(N)ccc12. The van der Waals surface area contributed by atoms with Crippen molar-refractivity contribution in [1.82, 2.24) is 9.88 Å². The fourth-order valence-corrected chi connectivity index (χ4v) is 2.43. The number of anilines is 1. The number of rotatable bonds is 4. The van der Waals surface area contributed by atoms with Gasteiger partial charge < -0.3 is 15.6 Å². The molecule has 1 aromatic heterocycles. The van der Waals surface area contributed by atoms with Crippen LogP contribution in [0.3, 0.4) is 0 Å². The summed E-state index contributed by atoms with van der Waals surface area (Å²) in [6.07, 6.45) is 9.51. The van der Waals surface area contributed by atoms with E-state index in [1.165, 1.54) is 12.8 Å². The number of nitrogens with zero attached hydrogens (tertiary/aromatic N) is 1. The van der Waals surface area contributed by atoms with Crippen LogP contribution < -0.4 is 5.73 Å². The number of nitrogen functional groups attached to an aromatic ring is 1. The predicted octanol–water partition coefficient (Wildman–Crippen LogP) is 2.24. The number of aromatic amines is 1. The molecule has 1 fully saturated rings. The monoisotopic (exact) mass is 267 g/mol. The van der Waals surface area contributed by atoms with Crippen molar-refractivity contribution in [2.24, 2.45) is 5.92 Å². The lowest BCUT2D eigenvalue weighted by Crippen LogP contribution is -2.33.